The van der Waals surface area contributed by atoms with E-state index in [0.29, 0.717) is 36.9 Å². The molecule has 0 aromatic heterocycles. The van der Waals surface area contributed by atoms with Gasteiger partial charge in [0.1, 0.15) is 5.75 Å². The second-order valence-electron chi connectivity index (χ2n) is 5.89. The Balaban J connectivity index is 1.90. The van der Waals surface area contributed by atoms with Crippen molar-refractivity contribution < 1.29 is 19.4 Å². The zero-order valence-corrected chi connectivity index (χ0v) is 14.0. The number of carboxylic acid groups (broad SMARTS) is 1. The number of carbonyl (C=O) groups is 2. The van der Waals surface area contributed by atoms with Gasteiger partial charge in [0, 0.05) is 19.6 Å². The van der Waals surface area contributed by atoms with Crippen LogP contribution in [0.5, 0.6) is 5.75 Å². The van der Waals surface area contributed by atoms with E-state index in [1.54, 1.807) is 19.1 Å². The Labute approximate surface area is 140 Å². The third-order valence-electron chi connectivity index (χ3n) is 4.02. The molecule has 1 fully saturated rings. The van der Waals surface area contributed by atoms with Crippen molar-refractivity contribution in [2.24, 2.45) is 5.41 Å². The molecule has 6 nitrogen and oxygen atoms in total. The predicted molar refractivity (Wildman–Crippen MR) is 86.8 cm³/mol. The Kier molecular flexibility index (Phi) is 5.36. The van der Waals surface area contributed by atoms with Gasteiger partial charge in [-0.05, 0) is 38.0 Å². The Morgan fingerprint density at radius 1 is 1.48 bits per heavy atom. The molecule has 1 atom stereocenters. The number of aliphatic carboxylic acids is 1. The van der Waals surface area contributed by atoms with E-state index < -0.39 is 11.4 Å². The van der Waals surface area contributed by atoms with Crippen molar-refractivity contribution in [3.05, 3.63) is 28.8 Å². The van der Waals surface area contributed by atoms with Crippen molar-refractivity contribution in [3.63, 3.8) is 0 Å². The molecular weight excluding hydrogens is 320 g/mol. The highest BCUT2D eigenvalue weighted by atomic mass is 35.5. The summed E-state index contributed by atoms with van der Waals surface area (Å²) in [7, 11) is 0. The molecule has 1 aliphatic rings. The molecule has 23 heavy (non-hydrogen) atoms. The fourth-order valence-electron chi connectivity index (χ4n) is 2.53. The predicted octanol–water partition coefficient (Wildman–Crippen LogP) is 2.74. The number of amides is 2. The molecule has 7 heteroatoms. The van der Waals surface area contributed by atoms with Gasteiger partial charge < -0.3 is 20.1 Å². The molecule has 1 unspecified atom stereocenters. The third-order valence-corrected chi connectivity index (χ3v) is 4.31. The van der Waals surface area contributed by atoms with E-state index in [2.05, 4.69) is 5.32 Å². The molecule has 2 N–H and O–H groups in total. The van der Waals surface area contributed by atoms with Crippen LogP contribution in [0.4, 0.5) is 4.79 Å². The Morgan fingerprint density at radius 2 is 2.22 bits per heavy atom. The lowest BCUT2D eigenvalue weighted by Crippen LogP contribution is -2.40. The van der Waals surface area contributed by atoms with Gasteiger partial charge in [-0.2, -0.15) is 0 Å². The van der Waals surface area contributed by atoms with E-state index in [0.717, 1.165) is 5.56 Å². The van der Waals surface area contributed by atoms with E-state index in [-0.39, 0.29) is 12.6 Å². The average molecular weight is 341 g/mol. The largest absolute Gasteiger partial charge is 0.492 e. The summed E-state index contributed by atoms with van der Waals surface area (Å²) in [6.45, 7) is 5.06. The quantitative estimate of drug-likeness (QED) is 0.863. The van der Waals surface area contributed by atoms with E-state index >= 15 is 0 Å². The molecule has 2 rings (SSSR count). The maximum Gasteiger partial charge on any atom is 0.317 e. The van der Waals surface area contributed by atoms with Gasteiger partial charge in [-0.25, -0.2) is 4.79 Å². The van der Waals surface area contributed by atoms with Crippen LogP contribution >= 0.6 is 11.6 Å². The van der Waals surface area contributed by atoms with Crippen molar-refractivity contribution >= 4 is 23.6 Å². The zero-order chi connectivity index (χ0) is 17.0. The number of carboxylic acids is 1. The molecule has 1 aromatic rings. The molecule has 0 radical (unpaired) electrons. The summed E-state index contributed by atoms with van der Waals surface area (Å²) in [6, 6.07) is 5.09. The summed E-state index contributed by atoms with van der Waals surface area (Å²) in [5.41, 5.74) is -0.00762. The lowest BCUT2D eigenvalue weighted by molar-refractivity contribution is -0.147. The van der Waals surface area contributed by atoms with Crippen molar-refractivity contribution in [1.82, 2.24) is 10.2 Å². The van der Waals surface area contributed by atoms with Gasteiger partial charge in [0.05, 0.1) is 17.0 Å². The molecule has 0 spiro atoms. The van der Waals surface area contributed by atoms with Gasteiger partial charge in [0.15, 0.2) is 0 Å². The van der Waals surface area contributed by atoms with Gasteiger partial charge in [-0.15, -0.1) is 0 Å². The van der Waals surface area contributed by atoms with E-state index in [9.17, 15) is 14.7 Å². The molecule has 0 bridgehead atoms. The molecule has 1 aromatic carbocycles. The van der Waals surface area contributed by atoms with Crippen molar-refractivity contribution in [2.45, 2.75) is 26.8 Å². The summed E-state index contributed by atoms with van der Waals surface area (Å²) in [6.07, 6.45) is 0.463. The zero-order valence-electron chi connectivity index (χ0n) is 13.3. The number of nitrogens with zero attached hydrogens (tertiary/aromatic N) is 1. The molecule has 2 amide bonds. The molecule has 126 valence electrons. The Morgan fingerprint density at radius 3 is 2.78 bits per heavy atom. The first-order valence-electron chi connectivity index (χ1n) is 7.53. The van der Waals surface area contributed by atoms with Crippen LogP contribution in [0.2, 0.25) is 5.02 Å². The molecule has 1 heterocycles. The molecule has 0 aliphatic carbocycles. The van der Waals surface area contributed by atoms with Crippen molar-refractivity contribution in [1.29, 1.82) is 0 Å². The van der Waals surface area contributed by atoms with Crippen LogP contribution < -0.4 is 10.1 Å². The summed E-state index contributed by atoms with van der Waals surface area (Å²) >= 11 is 6.11. The fraction of sp³-hybridized carbons (Fsp3) is 0.500. The minimum absolute atomic E-state index is 0.220. The first kappa shape index (κ1) is 17.4. The van der Waals surface area contributed by atoms with Gasteiger partial charge in [-0.1, -0.05) is 17.7 Å². The lowest BCUT2D eigenvalue weighted by atomic mass is 9.90. The highest BCUT2D eigenvalue weighted by molar-refractivity contribution is 6.32. The first-order valence-corrected chi connectivity index (χ1v) is 7.91. The standard InChI is InChI=1S/C16H21ClN2O4/c1-3-23-13-5-4-11(8-12(13)17)9-18-15(22)19-7-6-16(2,10-19)14(20)21/h4-5,8H,3,6-7,9-10H2,1-2H3,(H,18,22)(H,20,21). The summed E-state index contributed by atoms with van der Waals surface area (Å²) in [5, 5.41) is 12.5. The Hall–Kier alpha value is -1.95. The summed E-state index contributed by atoms with van der Waals surface area (Å²) in [4.78, 5) is 24.9. The SMILES string of the molecule is CCOc1ccc(CNC(=O)N2CCC(C)(C(=O)O)C2)cc1Cl. The van der Waals surface area contributed by atoms with E-state index in [1.165, 1.54) is 4.90 Å². The van der Waals surface area contributed by atoms with Crippen LogP contribution in [0.1, 0.15) is 25.8 Å². The molecular formula is C16H21ClN2O4. The monoisotopic (exact) mass is 340 g/mol. The van der Waals surface area contributed by atoms with Crippen LogP contribution in [0, 0.1) is 5.41 Å². The third kappa shape index (κ3) is 4.07. The second-order valence-corrected chi connectivity index (χ2v) is 6.30. The minimum atomic E-state index is -0.869. The topological polar surface area (TPSA) is 78.9 Å². The number of hydrogen-bond acceptors (Lipinski definition) is 3. The average Bonchev–Trinajstić information content (AvgIpc) is 2.91. The maximum absolute atomic E-state index is 12.1. The highest BCUT2D eigenvalue weighted by Crippen LogP contribution is 2.30. The number of ether oxygens (including phenoxy) is 1. The second kappa shape index (κ2) is 7.08. The Bertz CT molecular complexity index is 608. The molecule has 1 saturated heterocycles. The van der Waals surface area contributed by atoms with Crippen LogP contribution in [0.15, 0.2) is 18.2 Å². The fourth-order valence-corrected chi connectivity index (χ4v) is 2.78. The number of rotatable bonds is 5. The van der Waals surface area contributed by atoms with Gasteiger partial charge >= 0.3 is 12.0 Å². The van der Waals surface area contributed by atoms with Gasteiger partial charge in [-0.3, -0.25) is 4.79 Å². The van der Waals surface area contributed by atoms with E-state index in [1.807, 2.05) is 13.0 Å². The van der Waals surface area contributed by atoms with Crippen LogP contribution in [0.25, 0.3) is 0 Å². The highest BCUT2D eigenvalue weighted by Gasteiger charge is 2.42. The number of carbonyl (C=O) groups excluding carboxylic acids is 1. The number of hydrogen-bond donors (Lipinski definition) is 2. The van der Waals surface area contributed by atoms with Gasteiger partial charge in [0.25, 0.3) is 0 Å². The smallest absolute Gasteiger partial charge is 0.317 e. The van der Waals surface area contributed by atoms with Crippen LogP contribution in [-0.4, -0.2) is 41.7 Å². The number of halogens is 1. The van der Waals surface area contributed by atoms with Crippen molar-refractivity contribution in [3.8, 4) is 5.75 Å². The van der Waals surface area contributed by atoms with Crippen LogP contribution in [-0.2, 0) is 11.3 Å². The lowest BCUT2D eigenvalue weighted by Gasteiger charge is -2.20. The maximum atomic E-state index is 12.1. The number of urea groups is 1. The molecule has 0 saturated carbocycles. The molecule has 1 aliphatic heterocycles. The normalized spacial score (nSPS) is 20.4. The minimum Gasteiger partial charge on any atom is -0.492 e. The van der Waals surface area contributed by atoms with Gasteiger partial charge in [0.2, 0.25) is 0 Å². The number of benzene rings is 1. The summed E-state index contributed by atoms with van der Waals surface area (Å²) < 4.78 is 5.36. The van der Waals surface area contributed by atoms with Crippen molar-refractivity contribution in [2.75, 3.05) is 19.7 Å². The van der Waals surface area contributed by atoms with E-state index in [4.69, 9.17) is 16.3 Å². The first-order chi connectivity index (χ1) is 10.9. The summed E-state index contributed by atoms with van der Waals surface area (Å²) in [5.74, 6) is -0.257. The van der Waals surface area contributed by atoms with Crippen LogP contribution in [0.3, 0.4) is 0 Å². The number of nitrogens with one attached hydrogen (secondary N) is 1. The number of likely N-dealkylation sites (tertiary alicyclic amines) is 1.